The number of carbonyl (C=O) groups excluding carboxylic acids is 3. The van der Waals surface area contributed by atoms with Gasteiger partial charge in [-0.25, -0.2) is 67.9 Å². The Morgan fingerprint density at radius 3 is 1.24 bits per heavy atom. The normalized spacial score (nSPS) is 18.3. The van der Waals surface area contributed by atoms with E-state index in [1.165, 1.54) is 88.1 Å². The van der Waals surface area contributed by atoms with E-state index >= 15 is 0 Å². The summed E-state index contributed by atoms with van der Waals surface area (Å²) < 4.78 is 148. The zero-order chi connectivity index (χ0) is 64.5. The predicted octanol–water partition coefficient (Wildman–Crippen LogP) is 10.0. The Morgan fingerprint density at radius 1 is 0.540 bits per heavy atom. The van der Waals surface area contributed by atoms with E-state index in [1.54, 1.807) is 46.0 Å². The van der Waals surface area contributed by atoms with Gasteiger partial charge in [-0.2, -0.15) is 0 Å². The van der Waals surface area contributed by atoms with Crippen molar-refractivity contribution in [2.45, 2.75) is 157 Å². The van der Waals surface area contributed by atoms with Crippen LogP contribution in [0.2, 0.25) is 0 Å². The van der Waals surface area contributed by atoms with E-state index < -0.39 is 118 Å². The van der Waals surface area contributed by atoms with Crippen LogP contribution in [-0.4, -0.2) is 103 Å². The van der Waals surface area contributed by atoms with E-state index in [1.807, 2.05) is 0 Å². The molecule has 87 heavy (non-hydrogen) atoms. The number of nitrogens with two attached hydrogens (primary N) is 1. The van der Waals surface area contributed by atoms with Gasteiger partial charge in [-0.1, -0.05) is 6.07 Å². The maximum absolute atomic E-state index is 12.9. The zero-order valence-corrected chi connectivity index (χ0v) is 48.2. The molecule has 31 heteroatoms. The molecule has 5 saturated carbocycles. The minimum Gasteiger partial charge on any atom is -0.477 e. The largest absolute Gasteiger partial charge is 0.477 e. The second-order valence-corrected chi connectivity index (χ2v) is 21.7. The summed E-state index contributed by atoms with van der Waals surface area (Å²) >= 11 is 0. The lowest BCUT2D eigenvalue weighted by molar-refractivity contribution is -0.105. The number of pyridine rings is 4. The summed E-state index contributed by atoms with van der Waals surface area (Å²) in [6, 6.07) is 12.3. The first-order chi connectivity index (χ1) is 39.8. The van der Waals surface area contributed by atoms with Crippen LogP contribution in [-0.2, 0) is 14.2 Å². The number of carboxylic acid groups (broad SMARTS) is 1. The summed E-state index contributed by atoms with van der Waals surface area (Å²) in [6.07, 6.45) is 3.31. The SMILES string of the molecule is CC(C)(C)OC(=O)Nc1cccn(C2CC(F)(F)C2)c1=O.COC(=O)c1cccn(C2CC(F)(F)C2)c1=O.COC(=O)c1cccoc1=O.Cc1cccn(C2CC(F)(F)C2)c1=O.Cl.NC1CC(F)(F)C1.O=C(O)c1cccn(C2CC(F)(F)C2)c1=O. The molecule has 478 valence electrons. The quantitative estimate of drug-likeness (QED) is 0.0741. The Hall–Kier alpha value is -8.02. The molecular weight excluding hydrogens is 1210 g/mol. The number of anilines is 1. The van der Waals surface area contributed by atoms with E-state index in [-0.39, 0.29) is 98.2 Å². The first-order valence-corrected chi connectivity index (χ1v) is 26.2. The van der Waals surface area contributed by atoms with E-state index in [0.717, 1.165) is 17.7 Å². The van der Waals surface area contributed by atoms with Crippen molar-refractivity contribution in [1.82, 2.24) is 18.3 Å². The third kappa shape index (κ3) is 20.0. The van der Waals surface area contributed by atoms with Crippen molar-refractivity contribution in [2.24, 2.45) is 5.73 Å². The van der Waals surface area contributed by atoms with Crippen LogP contribution in [0.15, 0.2) is 120 Å². The van der Waals surface area contributed by atoms with Crippen LogP contribution in [0.5, 0.6) is 0 Å². The number of nitrogens with one attached hydrogen (secondary N) is 1. The van der Waals surface area contributed by atoms with Crippen LogP contribution in [0.25, 0.3) is 0 Å². The Balaban J connectivity index is 0.000000228. The first-order valence-electron chi connectivity index (χ1n) is 26.2. The molecule has 20 nitrogen and oxygen atoms in total. The van der Waals surface area contributed by atoms with E-state index in [2.05, 4.69) is 19.2 Å². The highest BCUT2D eigenvalue weighted by Crippen LogP contribution is 2.47. The maximum Gasteiger partial charge on any atom is 0.412 e. The van der Waals surface area contributed by atoms with E-state index in [4.69, 9.17) is 15.6 Å². The number of ether oxygens (including phenoxy) is 3. The van der Waals surface area contributed by atoms with Crippen LogP contribution in [0, 0.1) is 6.92 Å². The Morgan fingerprint density at radius 2 is 0.885 bits per heavy atom. The Kier molecular flexibility index (Phi) is 23.5. The molecule has 5 aromatic heterocycles. The fourth-order valence-corrected chi connectivity index (χ4v) is 8.88. The van der Waals surface area contributed by atoms with Gasteiger partial charge in [-0.05, 0) is 82.3 Å². The topological polar surface area (TPSA) is 272 Å². The summed E-state index contributed by atoms with van der Waals surface area (Å²) in [5.41, 5.74) is 1.73. The van der Waals surface area contributed by atoms with Gasteiger partial charge in [-0.15, -0.1) is 12.4 Å². The number of alkyl halides is 10. The average molecular weight is 1270 g/mol. The van der Waals surface area contributed by atoms with Crippen LogP contribution >= 0.6 is 12.4 Å². The van der Waals surface area contributed by atoms with Crippen molar-refractivity contribution in [2.75, 3.05) is 19.5 Å². The number of carbonyl (C=O) groups is 4. The van der Waals surface area contributed by atoms with Gasteiger partial charge >= 0.3 is 29.6 Å². The second-order valence-electron chi connectivity index (χ2n) is 21.7. The lowest BCUT2D eigenvalue weighted by Gasteiger charge is -2.36. The Labute approximate surface area is 494 Å². The fraction of sp³-hybridized carbons (Fsp3) is 0.482. The van der Waals surface area contributed by atoms with Crippen LogP contribution in [0.3, 0.4) is 0 Å². The lowest BCUT2D eigenvalue weighted by atomic mass is 9.88. The second kappa shape index (κ2) is 28.7. The standard InChI is InChI=1S/C14H18F2N2O3.C11H11F2NO3.C10H9F2NO3.C10H11F2NO.C7H6O4.C4H7F2N.ClH/c1-13(2,3)21-12(20)17-10-5-4-6-18(11(10)19)9-7-14(15,16)8-9;1-17-10(16)8-3-2-4-14(9(8)15)7-5-11(12,13)6-7;11-10(12)4-6(5-10)13-3-1-2-7(8(13)14)9(15)16;1-7-3-2-4-13(9(7)14)8-5-10(11,12)6-8;1-10-6(8)5-3-2-4-11-7(5)9;5-4(6)1-3(7)2-4;/h4-6,9H,7-8H2,1-3H3,(H,17,20);2-4,7H,5-6H2,1H3;1-3,6H,4-5H2,(H,15,16);2-4,8H,5-6H2,1H3;2-4H,1H3;3H,1-2,7H2;1H. The van der Waals surface area contributed by atoms with Gasteiger partial charge in [-0.3, -0.25) is 24.5 Å². The summed E-state index contributed by atoms with van der Waals surface area (Å²) in [4.78, 5) is 102. The number of aromatic carboxylic acids is 1. The smallest absolute Gasteiger partial charge is 0.412 e. The molecule has 5 aliphatic carbocycles. The third-order valence-electron chi connectivity index (χ3n) is 13.5. The average Bonchev–Trinajstić information content (AvgIpc) is 0.977. The van der Waals surface area contributed by atoms with Crippen LogP contribution in [0.1, 0.15) is 146 Å². The van der Waals surface area contributed by atoms with Crippen molar-refractivity contribution < 1.29 is 86.8 Å². The van der Waals surface area contributed by atoms with Crippen LogP contribution in [0.4, 0.5) is 54.4 Å². The molecular formula is C56H63ClF10N6O14. The molecule has 0 aromatic carbocycles. The highest BCUT2D eigenvalue weighted by molar-refractivity contribution is 5.89. The fourth-order valence-electron chi connectivity index (χ4n) is 8.88. The summed E-state index contributed by atoms with van der Waals surface area (Å²) in [7, 11) is 2.37. The lowest BCUT2D eigenvalue weighted by Crippen LogP contribution is -2.45. The molecule has 5 aliphatic rings. The molecule has 0 spiro atoms. The number of methoxy groups -OCH3 is 2. The van der Waals surface area contributed by atoms with E-state index in [0.29, 0.717) is 5.56 Å². The van der Waals surface area contributed by atoms with Crippen molar-refractivity contribution in [3.05, 3.63) is 166 Å². The number of halogens is 11. The molecule has 5 aromatic rings. The number of amides is 1. The van der Waals surface area contributed by atoms with Gasteiger partial charge in [0.1, 0.15) is 28.0 Å². The number of hydrogen-bond donors (Lipinski definition) is 3. The number of esters is 2. The summed E-state index contributed by atoms with van der Waals surface area (Å²) in [6.45, 7) is 6.79. The number of hydrogen-bond acceptors (Lipinski definition) is 14. The molecule has 4 N–H and O–H groups in total. The third-order valence-corrected chi connectivity index (χ3v) is 13.5. The summed E-state index contributed by atoms with van der Waals surface area (Å²) in [5.74, 6) is -15.9. The zero-order valence-electron chi connectivity index (χ0n) is 47.4. The minimum atomic E-state index is -2.73. The van der Waals surface area contributed by atoms with Gasteiger partial charge < -0.3 is 47.7 Å². The highest BCUT2D eigenvalue weighted by Gasteiger charge is 2.49. The molecule has 0 saturated heterocycles. The predicted molar refractivity (Wildman–Crippen MR) is 294 cm³/mol. The van der Waals surface area contributed by atoms with E-state index in [9.17, 15) is 87.1 Å². The van der Waals surface area contributed by atoms with Gasteiger partial charge in [0.2, 0.25) is 0 Å². The highest BCUT2D eigenvalue weighted by atomic mass is 35.5. The molecule has 5 heterocycles. The molecule has 1 amide bonds. The minimum absolute atomic E-state index is 0. The van der Waals surface area contributed by atoms with Gasteiger partial charge in [0.25, 0.3) is 51.8 Å². The van der Waals surface area contributed by atoms with Crippen molar-refractivity contribution in [3.8, 4) is 0 Å². The number of aromatic nitrogens is 4. The molecule has 0 aliphatic heterocycles. The molecule has 5 fully saturated rings. The van der Waals surface area contributed by atoms with Crippen LogP contribution < -0.4 is 38.9 Å². The number of nitrogens with zero attached hydrogens (tertiary/aromatic N) is 4. The number of rotatable bonds is 8. The van der Waals surface area contributed by atoms with Crippen molar-refractivity contribution in [1.29, 1.82) is 0 Å². The first kappa shape index (κ1) is 71.5. The van der Waals surface area contributed by atoms with Gasteiger partial charge in [0, 0.05) is 125 Å². The van der Waals surface area contributed by atoms with Gasteiger partial charge in [0.05, 0.1) is 20.5 Å². The van der Waals surface area contributed by atoms with Gasteiger partial charge in [0.15, 0.2) is 0 Å². The maximum atomic E-state index is 12.9. The van der Waals surface area contributed by atoms with Crippen molar-refractivity contribution in [3.63, 3.8) is 0 Å². The Bertz CT molecular complexity index is 3530. The number of carboxylic acids is 1. The molecule has 0 radical (unpaired) electrons. The molecule has 10 rings (SSSR count). The monoisotopic (exact) mass is 1270 g/mol. The molecule has 0 bridgehead atoms. The molecule has 0 unspecified atom stereocenters. The molecule has 0 atom stereocenters. The van der Waals surface area contributed by atoms with Crippen molar-refractivity contribution >= 4 is 42.1 Å². The number of aryl methyl sites for hydroxylation is 1. The summed E-state index contributed by atoms with van der Waals surface area (Å²) in [5, 5.41) is 11.1.